The largest absolute Gasteiger partial charge is 0.456 e. The second-order valence-electron chi connectivity index (χ2n) is 6.52. The maximum Gasteiger partial charge on any atom is 0.136 e. The van der Waals surface area contributed by atoms with Crippen LogP contribution in [0, 0.1) is 13.8 Å². The first-order valence-electron chi connectivity index (χ1n) is 11.1. The van der Waals surface area contributed by atoms with Crippen LogP contribution in [0.3, 0.4) is 0 Å². The monoisotopic (exact) mass is 402 g/mol. The normalized spacial score (nSPS) is 11.2. The first-order valence-corrected chi connectivity index (χ1v) is 11.1. The molecular weight excluding hydrogens is 364 g/mol. The number of hydrogen-bond donors (Lipinski definition) is 0. The molecule has 0 aliphatic carbocycles. The van der Waals surface area contributed by atoms with Crippen LogP contribution in [-0.2, 0) is 0 Å². The Labute approximate surface area is 183 Å². The first kappa shape index (κ1) is 25.2. The zero-order valence-electron chi connectivity index (χ0n) is 20.3. The van der Waals surface area contributed by atoms with Crippen molar-refractivity contribution in [3.05, 3.63) is 70.5 Å². The Morgan fingerprint density at radius 2 is 1.20 bits per heavy atom. The third kappa shape index (κ3) is 4.51. The van der Waals surface area contributed by atoms with Gasteiger partial charge in [-0.3, -0.25) is 0 Å². The number of rotatable bonds is 4. The SMILES string of the molecule is C=Cc1oc2ccc3c(C)c(/C=C\C)c(/C=C\C)c(C)c3c2c1/C=C\C.CC.CC. The van der Waals surface area contributed by atoms with Gasteiger partial charge in [0.2, 0.25) is 0 Å². The maximum atomic E-state index is 6.08. The molecule has 0 atom stereocenters. The van der Waals surface area contributed by atoms with Crippen molar-refractivity contribution in [1.82, 2.24) is 0 Å². The van der Waals surface area contributed by atoms with Crippen molar-refractivity contribution in [1.29, 1.82) is 0 Å². The summed E-state index contributed by atoms with van der Waals surface area (Å²) in [5.41, 5.74) is 7.16. The van der Waals surface area contributed by atoms with Gasteiger partial charge in [0, 0.05) is 10.9 Å². The lowest BCUT2D eigenvalue weighted by Gasteiger charge is -2.16. The number of aryl methyl sites for hydroxylation is 2. The van der Waals surface area contributed by atoms with Gasteiger partial charge >= 0.3 is 0 Å². The molecular formula is C29H38O. The van der Waals surface area contributed by atoms with E-state index in [1.165, 1.54) is 38.4 Å². The van der Waals surface area contributed by atoms with E-state index in [1.807, 2.05) is 34.6 Å². The predicted octanol–water partition coefficient (Wildman–Crippen LogP) is 10.00. The Kier molecular flexibility index (Phi) is 10.1. The summed E-state index contributed by atoms with van der Waals surface area (Å²) in [6.45, 7) is 22.5. The molecule has 0 saturated carbocycles. The van der Waals surface area contributed by atoms with Gasteiger partial charge in [0.1, 0.15) is 11.3 Å². The highest BCUT2D eigenvalue weighted by molar-refractivity contribution is 6.14. The van der Waals surface area contributed by atoms with Crippen molar-refractivity contribution in [2.24, 2.45) is 0 Å². The molecule has 0 unspecified atom stereocenters. The molecule has 160 valence electrons. The van der Waals surface area contributed by atoms with Crippen molar-refractivity contribution in [3.63, 3.8) is 0 Å². The minimum absolute atomic E-state index is 0.827. The summed E-state index contributed by atoms with van der Waals surface area (Å²) in [5, 5.41) is 3.72. The van der Waals surface area contributed by atoms with E-state index in [4.69, 9.17) is 4.42 Å². The number of benzene rings is 2. The van der Waals surface area contributed by atoms with Crippen molar-refractivity contribution < 1.29 is 4.42 Å². The highest BCUT2D eigenvalue weighted by Gasteiger charge is 2.18. The Bertz CT molecular complexity index is 1090. The summed E-state index contributed by atoms with van der Waals surface area (Å²) in [6, 6.07) is 4.27. The van der Waals surface area contributed by atoms with Crippen molar-refractivity contribution in [2.75, 3.05) is 0 Å². The van der Waals surface area contributed by atoms with E-state index in [2.05, 4.69) is 82.9 Å². The third-order valence-electron chi connectivity index (χ3n) is 4.98. The molecule has 0 bridgehead atoms. The lowest BCUT2D eigenvalue weighted by atomic mass is 9.87. The average Bonchev–Trinajstić information content (AvgIpc) is 3.14. The summed E-state index contributed by atoms with van der Waals surface area (Å²) in [6.07, 6.45) is 14.6. The topological polar surface area (TPSA) is 13.1 Å². The fraction of sp³-hybridized carbons (Fsp3) is 0.310. The average molecular weight is 403 g/mol. The number of hydrogen-bond acceptors (Lipinski definition) is 1. The summed E-state index contributed by atoms with van der Waals surface area (Å²) in [7, 11) is 0. The molecule has 0 spiro atoms. The van der Waals surface area contributed by atoms with Gasteiger partial charge in [0.15, 0.2) is 0 Å². The molecule has 1 heteroatoms. The standard InChI is InChI=1S/C25H26O.2C2H6/c1-7-11-18-16(5)20-14-15-23-25(21(13-9-3)22(10-4)26-23)24(20)17(6)19(18)12-8-2;2*1-2/h7-15H,4H2,1-3,5-6H3;2*1-2H3/b11-7-,12-8-,13-9-;;. The van der Waals surface area contributed by atoms with Crippen LogP contribution in [0.2, 0.25) is 0 Å². The van der Waals surface area contributed by atoms with Crippen LogP contribution in [0.15, 0.2) is 41.4 Å². The molecule has 0 fully saturated rings. The van der Waals surface area contributed by atoms with E-state index in [9.17, 15) is 0 Å². The summed E-state index contributed by atoms with van der Waals surface area (Å²) >= 11 is 0. The lowest BCUT2D eigenvalue weighted by molar-refractivity contribution is 0.603. The second-order valence-corrected chi connectivity index (χ2v) is 6.52. The van der Waals surface area contributed by atoms with Crippen LogP contribution < -0.4 is 0 Å². The van der Waals surface area contributed by atoms with Gasteiger partial charge in [-0.1, -0.05) is 76.8 Å². The Hall–Kier alpha value is -2.80. The van der Waals surface area contributed by atoms with E-state index < -0.39 is 0 Å². The van der Waals surface area contributed by atoms with Gasteiger partial charge in [0.05, 0.1) is 0 Å². The molecule has 3 rings (SSSR count). The zero-order valence-corrected chi connectivity index (χ0v) is 20.3. The second kappa shape index (κ2) is 12.0. The van der Waals surface area contributed by atoms with E-state index in [-0.39, 0.29) is 0 Å². The smallest absolute Gasteiger partial charge is 0.136 e. The summed E-state index contributed by atoms with van der Waals surface area (Å²) in [5.74, 6) is 0.827. The molecule has 1 nitrogen and oxygen atoms in total. The molecule has 3 aromatic rings. The van der Waals surface area contributed by atoms with E-state index in [0.29, 0.717) is 0 Å². The molecule has 0 N–H and O–H groups in total. The van der Waals surface area contributed by atoms with Gasteiger partial charge in [-0.15, -0.1) is 0 Å². The van der Waals surface area contributed by atoms with Crippen LogP contribution in [0.5, 0.6) is 0 Å². The lowest BCUT2D eigenvalue weighted by Crippen LogP contribution is -1.95. The highest BCUT2D eigenvalue weighted by atomic mass is 16.3. The molecule has 2 aromatic carbocycles. The number of furan rings is 1. The number of fused-ring (bicyclic) bond motifs is 3. The van der Waals surface area contributed by atoms with Crippen LogP contribution in [0.25, 0.3) is 46.0 Å². The molecule has 1 heterocycles. The molecule has 0 aliphatic heterocycles. The van der Waals surface area contributed by atoms with Gasteiger partial charge in [-0.25, -0.2) is 0 Å². The Morgan fingerprint density at radius 1 is 0.700 bits per heavy atom. The van der Waals surface area contributed by atoms with Crippen LogP contribution in [0.4, 0.5) is 0 Å². The van der Waals surface area contributed by atoms with E-state index >= 15 is 0 Å². The van der Waals surface area contributed by atoms with Crippen LogP contribution >= 0.6 is 0 Å². The van der Waals surface area contributed by atoms with E-state index in [1.54, 1.807) is 6.08 Å². The van der Waals surface area contributed by atoms with Crippen LogP contribution in [-0.4, -0.2) is 0 Å². The molecule has 0 aliphatic rings. The Morgan fingerprint density at radius 3 is 1.70 bits per heavy atom. The van der Waals surface area contributed by atoms with Crippen molar-refractivity contribution >= 4 is 46.0 Å². The predicted molar refractivity (Wildman–Crippen MR) is 140 cm³/mol. The molecule has 30 heavy (non-hydrogen) atoms. The summed E-state index contributed by atoms with van der Waals surface area (Å²) < 4.78 is 6.08. The zero-order chi connectivity index (χ0) is 22.8. The molecule has 1 aromatic heterocycles. The van der Waals surface area contributed by atoms with Crippen molar-refractivity contribution in [3.8, 4) is 0 Å². The third-order valence-corrected chi connectivity index (χ3v) is 4.98. The van der Waals surface area contributed by atoms with Gasteiger partial charge < -0.3 is 4.42 Å². The number of allylic oxidation sites excluding steroid dienone is 3. The van der Waals surface area contributed by atoms with Gasteiger partial charge in [-0.2, -0.15) is 0 Å². The fourth-order valence-corrected chi connectivity index (χ4v) is 3.87. The van der Waals surface area contributed by atoms with Crippen molar-refractivity contribution in [2.45, 2.75) is 62.3 Å². The van der Waals surface area contributed by atoms with Crippen LogP contribution in [0.1, 0.15) is 82.0 Å². The van der Waals surface area contributed by atoms with Gasteiger partial charge in [-0.05, 0) is 79.8 Å². The minimum atomic E-state index is 0.827. The van der Waals surface area contributed by atoms with Gasteiger partial charge in [0.25, 0.3) is 0 Å². The highest BCUT2D eigenvalue weighted by Crippen LogP contribution is 2.40. The molecule has 0 radical (unpaired) electrons. The quantitative estimate of drug-likeness (QED) is 0.423. The maximum absolute atomic E-state index is 6.08. The fourth-order valence-electron chi connectivity index (χ4n) is 3.87. The molecule has 0 amide bonds. The molecule has 0 saturated heterocycles. The Balaban J connectivity index is 0.00000106. The summed E-state index contributed by atoms with van der Waals surface area (Å²) in [4.78, 5) is 0. The first-order chi connectivity index (χ1) is 14.6. The van der Waals surface area contributed by atoms with E-state index in [0.717, 1.165) is 16.9 Å². The minimum Gasteiger partial charge on any atom is -0.456 e.